The van der Waals surface area contributed by atoms with Crippen molar-refractivity contribution in [2.75, 3.05) is 0 Å². The van der Waals surface area contributed by atoms with Crippen molar-refractivity contribution in [3.63, 3.8) is 0 Å². The third kappa shape index (κ3) is 10.6. The van der Waals surface area contributed by atoms with Gasteiger partial charge >= 0.3 is 0 Å². The van der Waals surface area contributed by atoms with Crippen LogP contribution in [0, 0.1) is 28.6 Å². The van der Waals surface area contributed by atoms with Gasteiger partial charge in [0.2, 0.25) is 0 Å². The molecule has 0 radical (unpaired) electrons. The molecule has 0 spiro atoms. The lowest BCUT2D eigenvalue weighted by Gasteiger charge is -2.63. The molecule has 0 saturated heterocycles. The summed E-state index contributed by atoms with van der Waals surface area (Å²) in [7, 11) is 0. The van der Waals surface area contributed by atoms with E-state index in [1.807, 2.05) is 0 Å². The molecule has 3 atom stereocenters. The molecule has 0 rings (SSSR count). The van der Waals surface area contributed by atoms with Crippen LogP contribution in [-0.2, 0) is 0 Å². The van der Waals surface area contributed by atoms with Gasteiger partial charge in [-0.25, -0.2) is 0 Å². The lowest BCUT2D eigenvalue weighted by Crippen LogP contribution is -2.64. The average molecular weight is 530 g/mol. The molecule has 2 N–H and O–H groups in total. The van der Waals surface area contributed by atoms with Crippen LogP contribution in [0.4, 0.5) is 0 Å². The van der Waals surface area contributed by atoms with E-state index in [-0.39, 0.29) is 16.4 Å². The minimum atomic E-state index is -0.344. The van der Waals surface area contributed by atoms with Crippen molar-refractivity contribution in [2.45, 2.75) is 170 Å². The number of rotatable bonds is 26. The summed E-state index contributed by atoms with van der Waals surface area (Å²) in [6.07, 6.45) is 30.1. The highest BCUT2D eigenvalue weighted by molar-refractivity contribution is 5.19. The summed E-state index contributed by atoms with van der Waals surface area (Å²) < 4.78 is 0. The van der Waals surface area contributed by atoms with E-state index in [1.165, 1.54) is 116 Å². The monoisotopic (exact) mass is 530 g/mol. The SMILES string of the molecule is C=CC(CCCCCCC)C(C(C=C)CCCCCCC)(C(C=C)CCCCCCC)C(C)(C)C(C)(C)N. The summed E-state index contributed by atoms with van der Waals surface area (Å²) in [5.74, 6) is 1.16. The van der Waals surface area contributed by atoms with Crippen molar-refractivity contribution in [2.24, 2.45) is 34.3 Å². The quantitative estimate of drug-likeness (QED) is 0.0874. The fourth-order valence-corrected chi connectivity index (χ4v) is 7.33. The molecule has 0 bridgehead atoms. The summed E-state index contributed by atoms with van der Waals surface area (Å²) in [5.41, 5.74) is 6.62. The van der Waals surface area contributed by atoms with Crippen LogP contribution in [0.3, 0.4) is 0 Å². The van der Waals surface area contributed by atoms with Gasteiger partial charge in [-0.3, -0.25) is 0 Å². The van der Waals surface area contributed by atoms with Gasteiger partial charge in [0.05, 0.1) is 0 Å². The second-order valence-electron chi connectivity index (χ2n) is 13.4. The maximum Gasteiger partial charge on any atom is 0.0154 e. The Balaban J connectivity index is 6.64. The fraction of sp³-hybridized carbons (Fsp3) is 0.838. The van der Waals surface area contributed by atoms with Crippen molar-refractivity contribution in [1.82, 2.24) is 0 Å². The second kappa shape index (κ2) is 20.1. The van der Waals surface area contributed by atoms with Gasteiger partial charge < -0.3 is 5.73 Å². The van der Waals surface area contributed by atoms with Gasteiger partial charge in [0, 0.05) is 5.54 Å². The first-order valence-corrected chi connectivity index (χ1v) is 16.7. The van der Waals surface area contributed by atoms with Crippen LogP contribution < -0.4 is 5.73 Å². The van der Waals surface area contributed by atoms with E-state index in [4.69, 9.17) is 5.73 Å². The van der Waals surface area contributed by atoms with E-state index >= 15 is 0 Å². The van der Waals surface area contributed by atoms with Gasteiger partial charge in [0.15, 0.2) is 0 Å². The molecule has 224 valence electrons. The molecule has 0 aromatic carbocycles. The van der Waals surface area contributed by atoms with Crippen molar-refractivity contribution in [1.29, 1.82) is 0 Å². The van der Waals surface area contributed by atoms with E-state index in [0.717, 1.165) is 0 Å². The summed E-state index contributed by atoms with van der Waals surface area (Å²) in [5, 5.41) is 0. The van der Waals surface area contributed by atoms with Gasteiger partial charge in [0.25, 0.3) is 0 Å². The molecule has 0 fully saturated rings. The van der Waals surface area contributed by atoms with E-state index in [0.29, 0.717) is 17.8 Å². The Hall–Kier alpha value is -0.820. The number of unbranched alkanes of at least 4 members (excludes halogenated alkanes) is 12. The Morgan fingerprint density at radius 2 is 0.763 bits per heavy atom. The Morgan fingerprint density at radius 1 is 0.500 bits per heavy atom. The molecule has 0 saturated carbocycles. The average Bonchev–Trinajstić information content (AvgIpc) is 2.88. The first-order chi connectivity index (χ1) is 18.1. The topological polar surface area (TPSA) is 26.0 Å². The predicted molar refractivity (Wildman–Crippen MR) is 176 cm³/mol. The third-order valence-corrected chi connectivity index (χ3v) is 10.2. The first kappa shape index (κ1) is 37.2. The normalized spacial score (nSPS) is 16.4. The fourth-order valence-electron chi connectivity index (χ4n) is 7.33. The van der Waals surface area contributed by atoms with Gasteiger partial charge in [-0.05, 0) is 61.7 Å². The Morgan fingerprint density at radius 3 is 0.974 bits per heavy atom. The molecule has 1 heteroatoms. The van der Waals surface area contributed by atoms with Crippen molar-refractivity contribution in [3.8, 4) is 0 Å². The number of allylic oxidation sites excluding steroid dienone is 3. The highest BCUT2D eigenvalue weighted by Crippen LogP contribution is 2.63. The third-order valence-electron chi connectivity index (χ3n) is 10.2. The molecular weight excluding hydrogens is 458 g/mol. The maximum absolute atomic E-state index is 7.16. The van der Waals surface area contributed by atoms with Crippen LogP contribution in [0.25, 0.3) is 0 Å². The first-order valence-electron chi connectivity index (χ1n) is 16.7. The highest BCUT2D eigenvalue weighted by Gasteiger charge is 2.60. The molecule has 38 heavy (non-hydrogen) atoms. The molecule has 1 nitrogen and oxygen atoms in total. The Bertz CT molecular complexity index is 542. The summed E-state index contributed by atoms with van der Waals surface area (Å²) in [6, 6.07) is 0. The minimum absolute atomic E-state index is 0.0588. The van der Waals surface area contributed by atoms with Crippen molar-refractivity contribution < 1.29 is 0 Å². The molecule has 3 unspecified atom stereocenters. The standard InChI is InChI=1S/C37H71N/c1-11-17-20-23-26-29-32(14-4)37(35(7,8)36(9,10)38,33(15-5)30-27-24-21-18-12-2)34(16-6)31-28-25-22-19-13-3/h14-16,32-34H,4-6,11-13,17-31,38H2,1-3,7-10H3. The van der Waals surface area contributed by atoms with Crippen LogP contribution in [0.1, 0.15) is 164 Å². The van der Waals surface area contributed by atoms with Crippen LogP contribution in [0.15, 0.2) is 38.0 Å². The van der Waals surface area contributed by atoms with Crippen LogP contribution >= 0.6 is 0 Å². The van der Waals surface area contributed by atoms with Crippen LogP contribution in [0.2, 0.25) is 0 Å². The molecule has 0 aliphatic heterocycles. The van der Waals surface area contributed by atoms with Crippen molar-refractivity contribution in [3.05, 3.63) is 38.0 Å². The maximum atomic E-state index is 7.16. The molecule has 0 amide bonds. The number of nitrogens with two attached hydrogens (primary N) is 1. The number of hydrogen-bond donors (Lipinski definition) is 1. The zero-order chi connectivity index (χ0) is 29.1. The molecule has 0 aliphatic rings. The van der Waals surface area contributed by atoms with Crippen LogP contribution in [-0.4, -0.2) is 5.54 Å². The summed E-state index contributed by atoms with van der Waals surface area (Å²) >= 11 is 0. The molecular formula is C37H71N. The smallest absolute Gasteiger partial charge is 0.0154 e. The molecule has 0 aliphatic carbocycles. The van der Waals surface area contributed by atoms with Gasteiger partial charge in [0.1, 0.15) is 0 Å². The lowest BCUT2D eigenvalue weighted by molar-refractivity contribution is -0.104. The molecule has 0 aromatic rings. The van der Waals surface area contributed by atoms with Gasteiger partial charge in [-0.1, -0.05) is 149 Å². The second-order valence-corrected chi connectivity index (χ2v) is 13.4. The number of hydrogen-bond acceptors (Lipinski definition) is 1. The largest absolute Gasteiger partial charge is 0.325 e. The van der Waals surface area contributed by atoms with Gasteiger partial charge in [-0.15, -0.1) is 19.7 Å². The molecule has 0 heterocycles. The Kier molecular flexibility index (Phi) is 19.7. The zero-order valence-corrected chi connectivity index (χ0v) is 27.4. The van der Waals surface area contributed by atoms with E-state index in [1.54, 1.807) is 0 Å². The van der Waals surface area contributed by atoms with E-state index in [2.05, 4.69) is 86.4 Å². The lowest BCUT2D eigenvalue weighted by atomic mass is 9.42. The highest BCUT2D eigenvalue weighted by atomic mass is 14.8. The van der Waals surface area contributed by atoms with E-state index < -0.39 is 0 Å². The predicted octanol–water partition coefficient (Wildman–Crippen LogP) is 12.2. The zero-order valence-electron chi connectivity index (χ0n) is 27.4. The van der Waals surface area contributed by atoms with Gasteiger partial charge in [-0.2, -0.15) is 0 Å². The molecule has 0 aromatic heterocycles. The summed E-state index contributed by atoms with van der Waals surface area (Å²) in [6.45, 7) is 29.8. The Labute approximate surface area is 241 Å². The summed E-state index contributed by atoms with van der Waals surface area (Å²) in [4.78, 5) is 0. The van der Waals surface area contributed by atoms with Crippen LogP contribution in [0.5, 0.6) is 0 Å². The van der Waals surface area contributed by atoms with E-state index in [9.17, 15) is 0 Å². The minimum Gasteiger partial charge on any atom is -0.325 e. The van der Waals surface area contributed by atoms with Crippen molar-refractivity contribution >= 4 is 0 Å².